The Hall–Kier alpha value is -0.950. The van der Waals surface area contributed by atoms with E-state index < -0.39 is 0 Å². The van der Waals surface area contributed by atoms with Crippen molar-refractivity contribution in [3.63, 3.8) is 0 Å². The SMILES string of the molecule is O=C(Nc1c(Cl)cc(Cl)c2nsnc12)C1CCCCN1. The first-order valence-electron chi connectivity index (χ1n) is 6.31. The van der Waals surface area contributed by atoms with Crippen LogP contribution in [0.3, 0.4) is 0 Å². The lowest BCUT2D eigenvalue weighted by Crippen LogP contribution is -2.43. The molecule has 2 N–H and O–H groups in total. The molecule has 2 aromatic rings. The molecule has 1 saturated heterocycles. The molecule has 106 valence electrons. The lowest BCUT2D eigenvalue weighted by Gasteiger charge is -2.22. The van der Waals surface area contributed by atoms with Crippen molar-refractivity contribution in [2.24, 2.45) is 0 Å². The van der Waals surface area contributed by atoms with E-state index in [9.17, 15) is 4.79 Å². The fourth-order valence-electron chi connectivity index (χ4n) is 2.28. The minimum atomic E-state index is -0.183. The van der Waals surface area contributed by atoms with E-state index in [0.717, 1.165) is 37.5 Å². The van der Waals surface area contributed by atoms with Gasteiger partial charge >= 0.3 is 0 Å². The second-order valence-electron chi connectivity index (χ2n) is 4.67. The maximum absolute atomic E-state index is 12.3. The summed E-state index contributed by atoms with van der Waals surface area (Å²) in [6.45, 7) is 0.861. The van der Waals surface area contributed by atoms with E-state index in [2.05, 4.69) is 19.4 Å². The molecule has 1 aliphatic rings. The van der Waals surface area contributed by atoms with E-state index in [-0.39, 0.29) is 11.9 Å². The van der Waals surface area contributed by atoms with Gasteiger partial charge in [0, 0.05) is 0 Å². The highest BCUT2D eigenvalue weighted by Gasteiger charge is 2.23. The number of piperidine rings is 1. The van der Waals surface area contributed by atoms with Crippen LogP contribution < -0.4 is 10.6 Å². The van der Waals surface area contributed by atoms with Crippen molar-refractivity contribution in [3.05, 3.63) is 16.1 Å². The predicted octanol–water partition coefficient (Wildman–Crippen LogP) is 3.08. The molecule has 8 heteroatoms. The molecular formula is C12H12Cl2N4OS. The van der Waals surface area contributed by atoms with Crippen molar-refractivity contribution in [2.75, 3.05) is 11.9 Å². The molecule has 0 saturated carbocycles. The Morgan fingerprint density at radius 3 is 2.85 bits per heavy atom. The number of halogens is 2. The summed E-state index contributed by atoms with van der Waals surface area (Å²) in [6, 6.07) is 1.40. The van der Waals surface area contributed by atoms with Crippen LogP contribution in [0.5, 0.6) is 0 Å². The Morgan fingerprint density at radius 2 is 2.10 bits per heavy atom. The molecular weight excluding hydrogens is 319 g/mol. The standard InChI is InChI=1S/C12H12Cl2N4OS/c13-6-5-7(14)10-11(18-20-17-10)9(6)16-12(19)8-3-1-2-4-15-8/h5,8,15H,1-4H2,(H,16,19). The van der Waals surface area contributed by atoms with E-state index in [0.29, 0.717) is 26.8 Å². The average molecular weight is 331 g/mol. The van der Waals surface area contributed by atoms with Gasteiger partial charge in [-0.3, -0.25) is 4.79 Å². The molecule has 0 aliphatic carbocycles. The summed E-state index contributed by atoms with van der Waals surface area (Å²) in [5, 5.41) is 6.86. The quantitative estimate of drug-likeness (QED) is 0.887. The van der Waals surface area contributed by atoms with Gasteiger partial charge < -0.3 is 10.6 Å². The Labute approximate surface area is 130 Å². The van der Waals surface area contributed by atoms with Crippen molar-refractivity contribution in [2.45, 2.75) is 25.3 Å². The predicted molar refractivity (Wildman–Crippen MR) is 81.7 cm³/mol. The third kappa shape index (κ3) is 2.61. The maximum atomic E-state index is 12.3. The molecule has 1 atom stereocenters. The highest BCUT2D eigenvalue weighted by atomic mass is 35.5. The summed E-state index contributed by atoms with van der Waals surface area (Å²) in [4.78, 5) is 12.3. The number of fused-ring (bicyclic) bond motifs is 1. The van der Waals surface area contributed by atoms with Gasteiger partial charge in [0.1, 0.15) is 11.0 Å². The highest BCUT2D eigenvalue weighted by Crippen LogP contribution is 2.35. The molecule has 20 heavy (non-hydrogen) atoms. The number of nitrogens with one attached hydrogen (secondary N) is 2. The number of carbonyl (C=O) groups excluding carboxylic acids is 1. The van der Waals surface area contributed by atoms with Crippen LogP contribution in [0.2, 0.25) is 10.0 Å². The van der Waals surface area contributed by atoms with Crippen molar-refractivity contribution in [1.29, 1.82) is 0 Å². The van der Waals surface area contributed by atoms with Gasteiger partial charge in [-0.15, -0.1) is 0 Å². The summed E-state index contributed by atoms with van der Waals surface area (Å²) < 4.78 is 8.28. The zero-order valence-corrected chi connectivity index (χ0v) is 12.8. The van der Waals surface area contributed by atoms with Crippen LogP contribution in [-0.2, 0) is 4.79 Å². The van der Waals surface area contributed by atoms with Crippen molar-refractivity contribution < 1.29 is 4.79 Å². The zero-order chi connectivity index (χ0) is 14.1. The smallest absolute Gasteiger partial charge is 0.241 e. The number of anilines is 1. The van der Waals surface area contributed by atoms with E-state index >= 15 is 0 Å². The first-order chi connectivity index (χ1) is 9.66. The van der Waals surface area contributed by atoms with Gasteiger partial charge in [0.25, 0.3) is 0 Å². The first-order valence-corrected chi connectivity index (χ1v) is 7.80. The summed E-state index contributed by atoms with van der Waals surface area (Å²) in [6.07, 6.45) is 2.98. The number of hydrogen-bond donors (Lipinski definition) is 2. The summed E-state index contributed by atoms with van der Waals surface area (Å²) in [5.41, 5.74) is 1.59. The van der Waals surface area contributed by atoms with Gasteiger partial charge in [0.2, 0.25) is 5.91 Å². The molecule has 1 aromatic carbocycles. The molecule has 1 fully saturated rings. The van der Waals surface area contributed by atoms with Crippen LogP contribution >= 0.6 is 34.9 Å². The van der Waals surface area contributed by atoms with Gasteiger partial charge in [-0.05, 0) is 25.5 Å². The van der Waals surface area contributed by atoms with Gasteiger partial charge in [0.15, 0.2) is 0 Å². The maximum Gasteiger partial charge on any atom is 0.241 e. The normalized spacial score (nSPS) is 19.2. The number of hydrogen-bond acceptors (Lipinski definition) is 5. The number of carbonyl (C=O) groups is 1. The van der Waals surface area contributed by atoms with Crippen LogP contribution in [-0.4, -0.2) is 27.2 Å². The number of nitrogens with zero attached hydrogens (tertiary/aromatic N) is 2. The summed E-state index contributed by atoms with van der Waals surface area (Å²) in [5.74, 6) is -0.0942. The molecule has 0 spiro atoms. The fraction of sp³-hybridized carbons (Fsp3) is 0.417. The number of amides is 1. The molecule has 1 unspecified atom stereocenters. The topological polar surface area (TPSA) is 66.9 Å². The minimum absolute atomic E-state index is 0.0942. The lowest BCUT2D eigenvalue weighted by atomic mass is 10.0. The Bertz CT molecular complexity index is 654. The van der Waals surface area contributed by atoms with E-state index in [1.807, 2.05) is 0 Å². The summed E-state index contributed by atoms with van der Waals surface area (Å²) >= 11 is 13.3. The molecule has 1 amide bonds. The molecule has 0 bridgehead atoms. The van der Waals surface area contributed by atoms with E-state index in [1.165, 1.54) is 0 Å². The van der Waals surface area contributed by atoms with E-state index in [1.54, 1.807) is 6.07 Å². The van der Waals surface area contributed by atoms with Gasteiger partial charge in [0.05, 0.1) is 33.5 Å². The van der Waals surface area contributed by atoms with Crippen LogP contribution in [0, 0.1) is 0 Å². The van der Waals surface area contributed by atoms with Crippen LogP contribution in [0.25, 0.3) is 11.0 Å². The van der Waals surface area contributed by atoms with Gasteiger partial charge in [-0.25, -0.2) is 0 Å². The Balaban J connectivity index is 1.90. The number of rotatable bonds is 2. The largest absolute Gasteiger partial charge is 0.322 e. The molecule has 3 rings (SSSR count). The van der Waals surface area contributed by atoms with Gasteiger partial charge in [-0.1, -0.05) is 29.6 Å². The van der Waals surface area contributed by atoms with E-state index in [4.69, 9.17) is 23.2 Å². The number of benzene rings is 1. The molecule has 2 heterocycles. The lowest BCUT2D eigenvalue weighted by molar-refractivity contribution is -0.118. The Morgan fingerprint density at radius 1 is 1.30 bits per heavy atom. The molecule has 0 radical (unpaired) electrons. The third-order valence-electron chi connectivity index (χ3n) is 3.32. The van der Waals surface area contributed by atoms with Crippen LogP contribution in [0.15, 0.2) is 6.07 Å². The molecule has 1 aromatic heterocycles. The minimum Gasteiger partial charge on any atom is -0.322 e. The third-order valence-corrected chi connectivity index (χ3v) is 4.43. The zero-order valence-electron chi connectivity index (χ0n) is 10.4. The first kappa shape index (κ1) is 14.0. The summed E-state index contributed by atoms with van der Waals surface area (Å²) in [7, 11) is 0. The van der Waals surface area contributed by atoms with Gasteiger partial charge in [-0.2, -0.15) is 8.75 Å². The van der Waals surface area contributed by atoms with Crippen molar-refractivity contribution in [3.8, 4) is 0 Å². The number of aromatic nitrogens is 2. The molecule has 1 aliphatic heterocycles. The molecule has 5 nitrogen and oxygen atoms in total. The second kappa shape index (κ2) is 5.81. The fourth-order valence-corrected chi connectivity index (χ4v) is 3.44. The highest BCUT2D eigenvalue weighted by molar-refractivity contribution is 7.00. The monoisotopic (exact) mass is 330 g/mol. The van der Waals surface area contributed by atoms with Crippen molar-refractivity contribution >= 4 is 57.6 Å². The van der Waals surface area contributed by atoms with Crippen LogP contribution in [0.4, 0.5) is 5.69 Å². The second-order valence-corrected chi connectivity index (χ2v) is 6.01. The average Bonchev–Trinajstić information content (AvgIpc) is 2.94. The van der Waals surface area contributed by atoms with Crippen LogP contribution in [0.1, 0.15) is 19.3 Å². The van der Waals surface area contributed by atoms with Crippen molar-refractivity contribution in [1.82, 2.24) is 14.1 Å². The Kier molecular flexibility index (Phi) is 4.07.